The minimum Gasteiger partial charge on any atom is -0.294 e. The zero-order valence-electron chi connectivity index (χ0n) is 5.68. The first-order valence-corrected chi connectivity index (χ1v) is 3.82. The van der Waals surface area contributed by atoms with E-state index in [1.807, 2.05) is 6.26 Å². The molecule has 9 heavy (non-hydrogen) atoms. The summed E-state index contributed by atoms with van der Waals surface area (Å²) in [6, 6.07) is 0. The van der Waals surface area contributed by atoms with Crippen LogP contribution >= 0.6 is 11.8 Å². The van der Waals surface area contributed by atoms with Gasteiger partial charge in [-0.2, -0.15) is 0 Å². The van der Waals surface area contributed by atoms with Crippen molar-refractivity contribution < 1.29 is 4.79 Å². The number of Topliss-reactive ketones (excluding diaryl/α,β-unsaturated/α-hetero) is 1. The maximum atomic E-state index is 10.6. The molecule has 0 N–H and O–H groups in total. The second-order valence-electron chi connectivity index (χ2n) is 1.53. The molecule has 0 unspecified atom stereocenters. The van der Waals surface area contributed by atoms with Gasteiger partial charge < -0.3 is 0 Å². The molecule has 0 saturated heterocycles. The van der Waals surface area contributed by atoms with Crippen molar-refractivity contribution in [3.8, 4) is 0 Å². The standard InChI is InChI=1S/C7H10OS/c1-4-5-7(9-3)6(2)8/h4-5H,1H2,2-3H3/b7-5-. The van der Waals surface area contributed by atoms with Crippen LogP contribution < -0.4 is 0 Å². The lowest BCUT2D eigenvalue weighted by Crippen LogP contribution is -1.89. The van der Waals surface area contributed by atoms with Crippen molar-refractivity contribution in [1.29, 1.82) is 0 Å². The lowest BCUT2D eigenvalue weighted by molar-refractivity contribution is -0.112. The van der Waals surface area contributed by atoms with Gasteiger partial charge in [0.25, 0.3) is 0 Å². The molecule has 0 aromatic rings. The lowest BCUT2D eigenvalue weighted by atomic mass is 10.4. The minimum absolute atomic E-state index is 0.0994. The van der Waals surface area contributed by atoms with Crippen molar-refractivity contribution in [1.82, 2.24) is 0 Å². The van der Waals surface area contributed by atoms with Crippen molar-refractivity contribution in [3.05, 3.63) is 23.6 Å². The van der Waals surface area contributed by atoms with Crippen molar-refractivity contribution >= 4 is 17.5 Å². The molecule has 0 aliphatic rings. The third-order valence-electron chi connectivity index (χ3n) is 0.836. The zero-order valence-corrected chi connectivity index (χ0v) is 6.49. The number of allylic oxidation sites excluding steroid dienone is 3. The highest BCUT2D eigenvalue weighted by Gasteiger charge is 1.97. The predicted octanol–water partition coefficient (Wildman–Crippen LogP) is 2.01. The molecular weight excluding hydrogens is 132 g/mol. The third-order valence-corrected chi connectivity index (χ3v) is 1.70. The molecule has 0 atom stereocenters. The quantitative estimate of drug-likeness (QED) is 0.443. The van der Waals surface area contributed by atoms with Crippen LogP contribution in [-0.4, -0.2) is 12.0 Å². The molecule has 2 heteroatoms. The molecule has 0 rings (SSSR count). The highest BCUT2D eigenvalue weighted by Crippen LogP contribution is 2.11. The van der Waals surface area contributed by atoms with Gasteiger partial charge in [-0.3, -0.25) is 4.79 Å². The van der Waals surface area contributed by atoms with Crippen LogP contribution in [-0.2, 0) is 4.79 Å². The van der Waals surface area contributed by atoms with Gasteiger partial charge in [0.15, 0.2) is 5.78 Å². The van der Waals surface area contributed by atoms with Crippen molar-refractivity contribution in [3.63, 3.8) is 0 Å². The molecule has 0 spiro atoms. The summed E-state index contributed by atoms with van der Waals surface area (Å²) in [5.41, 5.74) is 0. The third kappa shape index (κ3) is 3.14. The van der Waals surface area contributed by atoms with Crippen LogP contribution in [0.25, 0.3) is 0 Å². The fourth-order valence-electron chi connectivity index (χ4n) is 0.436. The second-order valence-corrected chi connectivity index (χ2v) is 2.38. The van der Waals surface area contributed by atoms with E-state index >= 15 is 0 Å². The van der Waals surface area contributed by atoms with E-state index in [9.17, 15) is 4.79 Å². The average Bonchev–Trinajstić information content (AvgIpc) is 1.82. The summed E-state index contributed by atoms with van der Waals surface area (Å²) in [5.74, 6) is 0.0994. The Morgan fingerprint density at radius 2 is 2.22 bits per heavy atom. The van der Waals surface area contributed by atoms with E-state index in [-0.39, 0.29) is 5.78 Å². The fourth-order valence-corrected chi connectivity index (χ4v) is 0.956. The van der Waals surface area contributed by atoms with Gasteiger partial charge >= 0.3 is 0 Å². The van der Waals surface area contributed by atoms with Gasteiger partial charge in [0, 0.05) is 4.91 Å². The first-order valence-electron chi connectivity index (χ1n) is 2.60. The molecule has 0 aliphatic carbocycles. The number of ketones is 1. The molecule has 0 amide bonds. The molecular formula is C7H10OS. The van der Waals surface area contributed by atoms with E-state index in [2.05, 4.69) is 6.58 Å². The second kappa shape index (κ2) is 4.39. The maximum absolute atomic E-state index is 10.6. The molecule has 0 radical (unpaired) electrons. The van der Waals surface area contributed by atoms with Crippen LogP contribution in [0, 0.1) is 0 Å². The molecule has 0 aliphatic heterocycles. The lowest BCUT2D eigenvalue weighted by Gasteiger charge is -1.92. The summed E-state index contributed by atoms with van der Waals surface area (Å²) in [7, 11) is 0. The van der Waals surface area contributed by atoms with Crippen molar-refractivity contribution in [2.24, 2.45) is 0 Å². The Morgan fingerprint density at radius 3 is 2.33 bits per heavy atom. The minimum atomic E-state index is 0.0994. The van der Waals surface area contributed by atoms with E-state index in [1.54, 1.807) is 19.1 Å². The maximum Gasteiger partial charge on any atom is 0.166 e. The Kier molecular flexibility index (Phi) is 4.14. The highest BCUT2D eigenvalue weighted by molar-refractivity contribution is 8.03. The fraction of sp³-hybridized carbons (Fsp3) is 0.286. The Balaban J connectivity index is 4.14. The van der Waals surface area contributed by atoms with Gasteiger partial charge in [-0.05, 0) is 19.3 Å². The summed E-state index contributed by atoms with van der Waals surface area (Å²) in [4.78, 5) is 11.4. The largest absolute Gasteiger partial charge is 0.294 e. The number of rotatable bonds is 3. The molecule has 0 fully saturated rings. The summed E-state index contributed by atoms with van der Waals surface area (Å²) in [6.45, 7) is 5.04. The Bertz CT molecular complexity index is 147. The van der Waals surface area contributed by atoms with E-state index in [4.69, 9.17) is 0 Å². The summed E-state index contributed by atoms with van der Waals surface area (Å²) in [5, 5.41) is 0. The molecule has 1 nitrogen and oxygen atoms in total. The van der Waals surface area contributed by atoms with Crippen LogP contribution in [0.4, 0.5) is 0 Å². The number of carbonyl (C=O) groups excluding carboxylic acids is 1. The topological polar surface area (TPSA) is 17.1 Å². The van der Waals surface area contributed by atoms with Gasteiger partial charge in [0.05, 0.1) is 0 Å². The SMILES string of the molecule is C=C/C=C(\SC)C(C)=O. The molecule has 0 aromatic heterocycles. The summed E-state index contributed by atoms with van der Waals surface area (Å²) < 4.78 is 0. The van der Waals surface area contributed by atoms with Crippen LogP contribution in [0.2, 0.25) is 0 Å². The number of carbonyl (C=O) groups is 1. The normalized spacial score (nSPS) is 11.1. The molecule has 0 heterocycles. The highest BCUT2D eigenvalue weighted by atomic mass is 32.2. The Morgan fingerprint density at radius 1 is 1.67 bits per heavy atom. The van der Waals surface area contributed by atoms with Crippen molar-refractivity contribution in [2.75, 3.05) is 6.26 Å². The molecule has 0 bridgehead atoms. The Hall–Kier alpha value is -0.500. The molecule has 0 saturated carbocycles. The summed E-state index contributed by atoms with van der Waals surface area (Å²) in [6.07, 6.45) is 5.21. The first-order chi connectivity index (χ1) is 4.22. The van der Waals surface area contributed by atoms with Gasteiger partial charge in [-0.25, -0.2) is 0 Å². The number of hydrogen-bond donors (Lipinski definition) is 0. The monoisotopic (exact) mass is 142 g/mol. The Labute approximate surface area is 59.8 Å². The van der Waals surface area contributed by atoms with Gasteiger partial charge in [-0.1, -0.05) is 12.7 Å². The average molecular weight is 142 g/mol. The van der Waals surface area contributed by atoms with E-state index < -0.39 is 0 Å². The van der Waals surface area contributed by atoms with E-state index in [0.29, 0.717) is 0 Å². The van der Waals surface area contributed by atoms with E-state index in [0.717, 1.165) is 4.91 Å². The van der Waals surface area contributed by atoms with Crippen LogP contribution in [0.5, 0.6) is 0 Å². The van der Waals surface area contributed by atoms with E-state index in [1.165, 1.54) is 11.8 Å². The summed E-state index contributed by atoms with van der Waals surface area (Å²) >= 11 is 1.44. The number of thioether (sulfide) groups is 1. The predicted molar refractivity (Wildman–Crippen MR) is 42.5 cm³/mol. The van der Waals surface area contributed by atoms with Gasteiger partial charge in [0.1, 0.15) is 0 Å². The van der Waals surface area contributed by atoms with Gasteiger partial charge in [0.2, 0.25) is 0 Å². The van der Waals surface area contributed by atoms with Crippen molar-refractivity contribution in [2.45, 2.75) is 6.92 Å². The first kappa shape index (κ1) is 8.50. The molecule has 0 aromatic carbocycles. The zero-order chi connectivity index (χ0) is 7.28. The molecule has 50 valence electrons. The number of hydrogen-bond acceptors (Lipinski definition) is 2. The van der Waals surface area contributed by atoms with Crippen LogP contribution in [0.15, 0.2) is 23.6 Å². The van der Waals surface area contributed by atoms with Crippen LogP contribution in [0.3, 0.4) is 0 Å². The smallest absolute Gasteiger partial charge is 0.166 e. The van der Waals surface area contributed by atoms with Crippen LogP contribution in [0.1, 0.15) is 6.92 Å². The van der Waals surface area contributed by atoms with Gasteiger partial charge in [-0.15, -0.1) is 11.8 Å².